The summed E-state index contributed by atoms with van der Waals surface area (Å²) in [6.07, 6.45) is 5.72. The molecule has 0 saturated carbocycles. The minimum absolute atomic E-state index is 0.0472. The smallest absolute Gasteiger partial charge is 0.127 e. The number of aromatic nitrogens is 2. The van der Waals surface area contributed by atoms with E-state index in [0.717, 1.165) is 67.5 Å². The average molecular weight is 593 g/mol. The first-order chi connectivity index (χ1) is 20.2. The van der Waals surface area contributed by atoms with E-state index < -0.39 is 11.0 Å². The van der Waals surface area contributed by atoms with Gasteiger partial charge in [0.05, 0.1) is 48.9 Å². The summed E-state index contributed by atoms with van der Waals surface area (Å²) in [6.45, 7) is 13.4. The highest BCUT2D eigenvalue weighted by Crippen LogP contribution is 2.45. The van der Waals surface area contributed by atoms with Crippen molar-refractivity contribution in [2.24, 2.45) is 5.41 Å². The molecule has 6 rings (SSSR count). The number of hydrogen-bond acceptors (Lipinski definition) is 5. The topological polar surface area (TPSA) is 59.8 Å². The molecule has 2 fully saturated rings. The summed E-state index contributed by atoms with van der Waals surface area (Å²) >= 11 is 0. The van der Waals surface area contributed by atoms with Crippen molar-refractivity contribution < 1.29 is 18.1 Å². The summed E-state index contributed by atoms with van der Waals surface area (Å²) in [4.78, 5) is 3.21. The summed E-state index contributed by atoms with van der Waals surface area (Å²) in [7, 11) is -1.27. The number of hydrogen-bond donors (Lipinski definition) is 0. The largest absolute Gasteiger partial charge is 0.379 e. The van der Waals surface area contributed by atoms with Gasteiger partial charge in [0, 0.05) is 38.1 Å². The zero-order chi connectivity index (χ0) is 29.3. The van der Waals surface area contributed by atoms with E-state index in [1.165, 1.54) is 23.3 Å². The molecule has 0 radical (unpaired) electrons. The van der Waals surface area contributed by atoms with E-state index in [1.807, 2.05) is 23.0 Å². The third-order valence-electron chi connectivity index (χ3n) is 8.78. The van der Waals surface area contributed by atoms with Gasteiger partial charge in [-0.1, -0.05) is 38.5 Å². The Morgan fingerprint density at radius 3 is 2.50 bits per heavy atom. The normalized spacial score (nSPS) is 22.3. The highest BCUT2D eigenvalue weighted by molar-refractivity contribution is 7.82. The standard InChI is InChI=1S/C33H41FN4O3S/c1-32(2,3)26-4-10-30(11-5-26)42(39)37-13-12-27-20-31-25(22-35-38(31)29-8-6-28(34)7-9-29)21-33(27,23-37)24-41-19-16-36-14-17-40-18-15-36/h4-11,20,22H,12-19,21,23-24H2,1-3H3/t33-,42?/m1/s1. The summed E-state index contributed by atoms with van der Waals surface area (Å²) in [6, 6.07) is 14.7. The van der Waals surface area contributed by atoms with Crippen LogP contribution in [-0.4, -0.2) is 82.3 Å². The summed E-state index contributed by atoms with van der Waals surface area (Å²) in [5.74, 6) is -0.264. The van der Waals surface area contributed by atoms with E-state index in [-0.39, 0.29) is 16.6 Å². The lowest BCUT2D eigenvalue weighted by Crippen LogP contribution is -2.50. The lowest BCUT2D eigenvalue weighted by Gasteiger charge is -2.46. The molecular weight excluding hydrogens is 551 g/mol. The van der Waals surface area contributed by atoms with E-state index in [4.69, 9.17) is 14.6 Å². The molecule has 7 nitrogen and oxygen atoms in total. The molecule has 3 aliphatic rings. The molecule has 1 aromatic heterocycles. The van der Waals surface area contributed by atoms with E-state index in [9.17, 15) is 8.60 Å². The summed E-state index contributed by atoms with van der Waals surface area (Å²) in [5, 5.41) is 4.69. The van der Waals surface area contributed by atoms with Crippen LogP contribution in [0, 0.1) is 11.2 Å². The van der Waals surface area contributed by atoms with Gasteiger partial charge in [-0.05, 0) is 71.9 Å². The molecule has 0 N–H and O–H groups in total. The van der Waals surface area contributed by atoms with Gasteiger partial charge in [-0.15, -0.1) is 0 Å². The molecule has 3 aromatic rings. The molecule has 1 aliphatic carbocycles. The second-order valence-electron chi connectivity index (χ2n) is 12.7. The summed E-state index contributed by atoms with van der Waals surface area (Å²) in [5.41, 5.74) is 5.28. The number of fused-ring (bicyclic) bond motifs is 2. The van der Waals surface area contributed by atoms with Gasteiger partial charge in [0.2, 0.25) is 0 Å². The van der Waals surface area contributed by atoms with Gasteiger partial charge in [0.15, 0.2) is 0 Å². The minimum Gasteiger partial charge on any atom is -0.379 e. The maximum Gasteiger partial charge on any atom is 0.127 e. The fourth-order valence-corrected chi connectivity index (χ4v) is 7.55. The predicted octanol–water partition coefficient (Wildman–Crippen LogP) is 5.01. The van der Waals surface area contributed by atoms with Crippen LogP contribution in [0.4, 0.5) is 4.39 Å². The SMILES string of the molecule is CC(C)(C)c1ccc(S(=O)N2CCC3=Cc4c(cnn4-c4ccc(F)cc4)C[C@]3(COCCN3CCOCC3)C2)cc1. The Hall–Kier alpha value is -2.69. The molecule has 224 valence electrons. The maximum absolute atomic E-state index is 13.9. The van der Waals surface area contributed by atoms with Crippen LogP contribution in [0.3, 0.4) is 0 Å². The van der Waals surface area contributed by atoms with Crippen LogP contribution in [-0.2, 0) is 32.3 Å². The van der Waals surface area contributed by atoms with Crippen molar-refractivity contribution in [1.29, 1.82) is 0 Å². The van der Waals surface area contributed by atoms with E-state index >= 15 is 0 Å². The number of rotatable bonds is 8. The zero-order valence-corrected chi connectivity index (χ0v) is 25.7. The lowest BCUT2D eigenvalue weighted by atomic mass is 9.69. The molecule has 2 saturated heterocycles. The van der Waals surface area contributed by atoms with Crippen molar-refractivity contribution in [2.45, 2.75) is 43.9 Å². The van der Waals surface area contributed by atoms with Crippen LogP contribution in [0.25, 0.3) is 11.8 Å². The summed E-state index contributed by atoms with van der Waals surface area (Å²) < 4.78 is 43.4. The molecule has 42 heavy (non-hydrogen) atoms. The zero-order valence-electron chi connectivity index (χ0n) is 24.9. The molecule has 0 amide bonds. The number of piperidine rings is 1. The molecule has 0 spiro atoms. The molecule has 3 heterocycles. The van der Waals surface area contributed by atoms with Crippen LogP contribution < -0.4 is 0 Å². The molecule has 0 bridgehead atoms. The van der Waals surface area contributed by atoms with Gasteiger partial charge in [-0.25, -0.2) is 17.6 Å². The predicted molar refractivity (Wildman–Crippen MR) is 163 cm³/mol. The molecular formula is C33H41FN4O3S. The fourth-order valence-electron chi connectivity index (χ4n) is 6.26. The second kappa shape index (κ2) is 12.1. The van der Waals surface area contributed by atoms with Crippen LogP contribution in [0.5, 0.6) is 0 Å². The van der Waals surface area contributed by atoms with Gasteiger partial charge in [0.1, 0.15) is 16.8 Å². The van der Waals surface area contributed by atoms with Crippen molar-refractivity contribution in [3.8, 4) is 5.69 Å². The Labute approximate surface area is 250 Å². The van der Waals surface area contributed by atoms with Crippen LogP contribution in [0.2, 0.25) is 0 Å². The number of halogens is 1. The highest BCUT2D eigenvalue weighted by Gasteiger charge is 2.44. The van der Waals surface area contributed by atoms with Crippen LogP contribution in [0.1, 0.15) is 44.0 Å². The van der Waals surface area contributed by atoms with Gasteiger partial charge in [-0.3, -0.25) is 4.90 Å². The van der Waals surface area contributed by atoms with Crippen LogP contribution >= 0.6 is 0 Å². The Kier molecular flexibility index (Phi) is 8.49. The Bertz CT molecular complexity index is 1440. The van der Waals surface area contributed by atoms with E-state index in [0.29, 0.717) is 26.3 Å². The molecule has 1 unspecified atom stereocenters. The first-order valence-electron chi connectivity index (χ1n) is 14.9. The van der Waals surface area contributed by atoms with E-state index in [2.05, 4.69) is 48.2 Å². The molecule has 2 atom stereocenters. The Balaban J connectivity index is 1.24. The van der Waals surface area contributed by atoms with E-state index in [1.54, 1.807) is 12.1 Å². The van der Waals surface area contributed by atoms with Crippen molar-refractivity contribution in [1.82, 2.24) is 19.0 Å². The number of ether oxygens (including phenoxy) is 2. The third-order valence-corrected chi connectivity index (χ3v) is 10.2. The molecule has 9 heteroatoms. The number of benzene rings is 2. The van der Waals surface area contributed by atoms with Gasteiger partial charge >= 0.3 is 0 Å². The Morgan fingerprint density at radius 2 is 1.79 bits per heavy atom. The number of morpholine rings is 1. The third kappa shape index (κ3) is 6.17. The van der Waals surface area contributed by atoms with Crippen molar-refractivity contribution in [3.63, 3.8) is 0 Å². The van der Waals surface area contributed by atoms with Crippen molar-refractivity contribution >= 4 is 17.1 Å². The molecule has 2 aromatic carbocycles. The van der Waals surface area contributed by atoms with Crippen LogP contribution in [0.15, 0.2) is 65.2 Å². The first kappa shape index (κ1) is 29.4. The minimum atomic E-state index is -1.27. The Morgan fingerprint density at radius 1 is 1.05 bits per heavy atom. The van der Waals surface area contributed by atoms with Crippen molar-refractivity contribution in [2.75, 3.05) is 59.2 Å². The fraction of sp³-hybridized carbons (Fsp3) is 0.485. The van der Waals surface area contributed by atoms with Crippen molar-refractivity contribution in [3.05, 3.63) is 82.9 Å². The average Bonchev–Trinajstić information content (AvgIpc) is 3.40. The molecule has 2 aliphatic heterocycles. The quantitative estimate of drug-likeness (QED) is 0.344. The maximum atomic E-state index is 13.9. The second-order valence-corrected chi connectivity index (χ2v) is 14.2. The lowest BCUT2D eigenvalue weighted by molar-refractivity contribution is 0.00194. The number of nitrogens with zero attached hydrogens (tertiary/aromatic N) is 4. The first-order valence-corrected chi connectivity index (χ1v) is 16.0. The highest BCUT2D eigenvalue weighted by atomic mass is 32.2. The monoisotopic (exact) mass is 592 g/mol. The van der Waals surface area contributed by atoms with Gasteiger partial charge < -0.3 is 9.47 Å². The van der Waals surface area contributed by atoms with Gasteiger partial charge in [0.25, 0.3) is 0 Å². The van der Waals surface area contributed by atoms with Gasteiger partial charge in [-0.2, -0.15) is 5.10 Å².